The van der Waals surface area contributed by atoms with E-state index in [1.807, 2.05) is 18.2 Å². The molecule has 0 spiro atoms. The number of nitrogens with zero attached hydrogens (tertiary/aromatic N) is 1. The highest BCUT2D eigenvalue weighted by Gasteiger charge is 2.42. The molecule has 1 aliphatic heterocycles. The van der Waals surface area contributed by atoms with Crippen molar-refractivity contribution < 1.29 is 29.6 Å². The summed E-state index contributed by atoms with van der Waals surface area (Å²) in [6.07, 6.45) is 4.74. The van der Waals surface area contributed by atoms with E-state index in [2.05, 4.69) is 39.5 Å². The molecule has 5 N–H and O–H groups in total. The summed E-state index contributed by atoms with van der Waals surface area (Å²) < 4.78 is 11.9. The number of aliphatic hydroxyl groups is 2. The SMILES string of the molecule is O=C(OCC1CCN(Cc2ccccc2)CC1)[C@@](O)(c1ccccc1)c1cccc(OCCCCCCNC[C@H](O)c2ccc(O)c3[nH]c(=O)ccc23)c1. The fourth-order valence-corrected chi connectivity index (χ4v) is 7.14. The molecule has 1 aliphatic rings. The lowest BCUT2D eigenvalue weighted by molar-refractivity contribution is -0.164. The Morgan fingerprint density at radius 2 is 1.59 bits per heavy atom. The van der Waals surface area contributed by atoms with Crippen LogP contribution in [-0.4, -0.2) is 70.6 Å². The number of aromatic nitrogens is 1. The van der Waals surface area contributed by atoms with E-state index in [1.54, 1.807) is 54.6 Å². The minimum Gasteiger partial charge on any atom is -0.506 e. The van der Waals surface area contributed by atoms with Crippen LogP contribution >= 0.6 is 0 Å². The Morgan fingerprint density at radius 3 is 2.37 bits per heavy atom. The first kappa shape index (κ1) is 38.7. The molecule has 1 aromatic heterocycles. The van der Waals surface area contributed by atoms with Gasteiger partial charge in [0.1, 0.15) is 11.5 Å². The number of likely N-dealkylation sites (tertiary alicyclic amines) is 1. The van der Waals surface area contributed by atoms with E-state index in [-0.39, 0.29) is 23.8 Å². The van der Waals surface area contributed by atoms with Crippen molar-refractivity contribution in [2.24, 2.45) is 5.92 Å². The van der Waals surface area contributed by atoms with Crippen LogP contribution in [0.1, 0.15) is 66.9 Å². The molecule has 0 aliphatic carbocycles. The zero-order valence-corrected chi connectivity index (χ0v) is 30.7. The fraction of sp³-hybridized carbons (Fsp3) is 0.364. The molecule has 1 saturated heterocycles. The first-order valence-electron chi connectivity index (χ1n) is 19.0. The summed E-state index contributed by atoms with van der Waals surface area (Å²) in [6.45, 7) is 4.61. The number of rotatable bonds is 18. The first-order chi connectivity index (χ1) is 26.3. The Kier molecular flexibility index (Phi) is 13.5. The van der Waals surface area contributed by atoms with Gasteiger partial charge in [-0.1, -0.05) is 91.7 Å². The highest BCUT2D eigenvalue weighted by molar-refractivity contribution is 5.87. The average Bonchev–Trinajstić information content (AvgIpc) is 3.20. The third-order valence-corrected chi connectivity index (χ3v) is 10.3. The van der Waals surface area contributed by atoms with Crippen molar-refractivity contribution in [3.8, 4) is 11.5 Å². The molecular formula is C44H51N3O7. The van der Waals surface area contributed by atoms with Crippen LogP contribution in [0.25, 0.3) is 10.9 Å². The van der Waals surface area contributed by atoms with Crippen molar-refractivity contribution in [2.75, 3.05) is 39.4 Å². The fourth-order valence-electron chi connectivity index (χ4n) is 7.14. The van der Waals surface area contributed by atoms with Gasteiger partial charge in [-0.05, 0) is 92.2 Å². The van der Waals surface area contributed by atoms with Gasteiger partial charge in [0, 0.05) is 30.1 Å². The molecule has 10 nitrogen and oxygen atoms in total. The van der Waals surface area contributed by atoms with Crippen molar-refractivity contribution >= 4 is 16.9 Å². The lowest BCUT2D eigenvalue weighted by Crippen LogP contribution is -2.40. The van der Waals surface area contributed by atoms with Crippen LogP contribution in [0.3, 0.4) is 0 Å². The summed E-state index contributed by atoms with van der Waals surface area (Å²) in [6, 6.07) is 32.6. The number of H-pyrrole nitrogens is 1. The molecule has 284 valence electrons. The number of carbonyl (C=O) groups is 1. The van der Waals surface area contributed by atoms with Crippen LogP contribution in [0.15, 0.2) is 114 Å². The highest BCUT2D eigenvalue weighted by atomic mass is 16.5. The Bertz CT molecular complexity index is 2000. The second-order valence-corrected chi connectivity index (χ2v) is 14.2. The van der Waals surface area contributed by atoms with Crippen molar-refractivity contribution in [2.45, 2.75) is 56.8 Å². The molecule has 10 heteroatoms. The zero-order valence-electron chi connectivity index (χ0n) is 30.7. The topological polar surface area (TPSA) is 144 Å². The Morgan fingerprint density at radius 1 is 0.870 bits per heavy atom. The van der Waals surface area contributed by atoms with E-state index >= 15 is 0 Å². The molecule has 4 aromatic carbocycles. The van der Waals surface area contributed by atoms with Gasteiger partial charge in [0.25, 0.3) is 0 Å². The number of piperidine rings is 1. The number of aromatic amines is 1. The number of pyridine rings is 1. The molecule has 0 unspecified atom stereocenters. The van der Waals surface area contributed by atoms with Crippen molar-refractivity contribution in [1.29, 1.82) is 0 Å². The van der Waals surface area contributed by atoms with E-state index in [9.17, 15) is 24.9 Å². The number of unbranched alkanes of at least 4 members (excludes halogenated alkanes) is 3. The molecule has 0 radical (unpaired) electrons. The molecule has 2 heterocycles. The number of phenols is 1. The Hall–Kier alpha value is -5.00. The summed E-state index contributed by atoms with van der Waals surface area (Å²) in [5.41, 5.74) is 0.796. The number of carbonyl (C=O) groups excluding carboxylic acids is 1. The summed E-state index contributed by atoms with van der Waals surface area (Å²) in [5.74, 6) is 0.0839. The minimum absolute atomic E-state index is 0.0334. The number of fused-ring (bicyclic) bond motifs is 1. The van der Waals surface area contributed by atoms with Gasteiger partial charge in [-0.2, -0.15) is 0 Å². The maximum absolute atomic E-state index is 13.8. The molecule has 1 fully saturated rings. The standard InChI is InChI=1S/C44H51N3O7/c48-39-20-18-37(38-19-21-41(50)46-42(38)39)40(49)29-45-24-9-1-2-10-27-53-36-17-11-16-35(28-36)44(52,34-14-7-4-8-15-34)43(51)54-31-33-22-25-47(26-23-33)30-32-12-5-3-6-13-32/h3-8,11-21,28,33,40,45,48-49,52H,1-2,9-10,22-27,29-31H2,(H,46,50)/t40-,44+/m0/s1. The quantitative estimate of drug-likeness (QED) is 0.0526. The van der Waals surface area contributed by atoms with Gasteiger partial charge in [0.2, 0.25) is 11.2 Å². The van der Waals surface area contributed by atoms with Crippen LogP contribution in [0.5, 0.6) is 11.5 Å². The third kappa shape index (κ3) is 9.95. The zero-order chi connectivity index (χ0) is 37.8. The van der Waals surface area contributed by atoms with Gasteiger partial charge >= 0.3 is 5.97 Å². The van der Waals surface area contributed by atoms with E-state index < -0.39 is 17.7 Å². The summed E-state index contributed by atoms with van der Waals surface area (Å²) in [5, 5.41) is 36.8. The van der Waals surface area contributed by atoms with Gasteiger partial charge in [-0.3, -0.25) is 9.69 Å². The van der Waals surface area contributed by atoms with Gasteiger partial charge in [0.15, 0.2) is 0 Å². The van der Waals surface area contributed by atoms with Crippen molar-refractivity contribution in [1.82, 2.24) is 15.2 Å². The number of aromatic hydroxyl groups is 1. The van der Waals surface area contributed by atoms with Gasteiger partial charge in [-0.15, -0.1) is 0 Å². The van der Waals surface area contributed by atoms with Crippen LogP contribution in [0.2, 0.25) is 0 Å². The number of hydrogen-bond acceptors (Lipinski definition) is 9. The largest absolute Gasteiger partial charge is 0.506 e. The molecule has 0 amide bonds. The number of phenolic OH excluding ortho intramolecular Hbond substituents is 1. The average molecular weight is 734 g/mol. The molecule has 5 aromatic rings. The van der Waals surface area contributed by atoms with Crippen LogP contribution in [0, 0.1) is 5.92 Å². The van der Waals surface area contributed by atoms with E-state index in [1.165, 1.54) is 17.7 Å². The number of nitrogens with one attached hydrogen (secondary N) is 2. The number of aliphatic hydroxyl groups excluding tert-OH is 1. The maximum atomic E-state index is 13.8. The maximum Gasteiger partial charge on any atom is 0.347 e. The lowest BCUT2D eigenvalue weighted by atomic mass is 9.86. The molecular weight excluding hydrogens is 682 g/mol. The molecule has 0 saturated carbocycles. The predicted molar refractivity (Wildman–Crippen MR) is 209 cm³/mol. The lowest BCUT2D eigenvalue weighted by Gasteiger charge is -2.33. The third-order valence-electron chi connectivity index (χ3n) is 10.3. The monoisotopic (exact) mass is 733 g/mol. The number of ether oxygens (including phenoxy) is 2. The second-order valence-electron chi connectivity index (χ2n) is 14.2. The number of benzene rings is 4. The highest BCUT2D eigenvalue weighted by Crippen LogP contribution is 2.34. The second kappa shape index (κ2) is 18.9. The van der Waals surface area contributed by atoms with Gasteiger partial charge in [-0.25, -0.2) is 4.79 Å². The van der Waals surface area contributed by atoms with Crippen LogP contribution in [-0.2, 0) is 21.7 Å². The molecule has 6 rings (SSSR count). The normalized spacial score (nSPS) is 15.4. The van der Waals surface area contributed by atoms with E-state index in [4.69, 9.17) is 9.47 Å². The number of esters is 1. The smallest absolute Gasteiger partial charge is 0.347 e. The molecule has 0 bridgehead atoms. The Labute approximate surface area is 316 Å². The Balaban J connectivity index is 0.937. The van der Waals surface area contributed by atoms with E-state index in [0.717, 1.165) is 64.7 Å². The van der Waals surface area contributed by atoms with Crippen LogP contribution in [0.4, 0.5) is 0 Å². The summed E-state index contributed by atoms with van der Waals surface area (Å²) in [7, 11) is 0. The first-order valence-corrected chi connectivity index (χ1v) is 19.0. The van der Waals surface area contributed by atoms with Crippen molar-refractivity contribution in [3.05, 3.63) is 142 Å². The molecule has 2 atom stereocenters. The van der Waals surface area contributed by atoms with Crippen molar-refractivity contribution in [3.63, 3.8) is 0 Å². The van der Waals surface area contributed by atoms with Crippen LogP contribution < -0.4 is 15.6 Å². The molecule has 54 heavy (non-hydrogen) atoms. The number of hydrogen-bond donors (Lipinski definition) is 5. The summed E-state index contributed by atoms with van der Waals surface area (Å²) in [4.78, 5) is 30.5. The summed E-state index contributed by atoms with van der Waals surface area (Å²) >= 11 is 0. The van der Waals surface area contributed by atoms with Gasteiger partial charge in [0.05, 0.1) is 24.8 Å². The van der Waals surface area contributed by atoms with Gasteiger partial charge < -0.3 is 35.1 Å². The predicted octanol–water partition coefficient (Wildman–Crippen LogP) is 6.19. The minimum atomic E-state index is -1.98. The van der Waals surface area contributed by atoms with E-state index in [0.29, 0.717) is 46.5 Å².